The van der Waals surface area contributed by atoms with Crippen LogP contribution in [0.4, 0.5) is 8.78 Å². The predicted molar refractivity (Wildman–Crippen MR) is 127 cm³/mol. The third-order valence-corrected chi connectivity index (χ3v) is 6.25. The van der Waals surface area contributed by atoms with Crippen LogP contribution < -0.4 is 4.74 Å². The van der Waals surface area contributed by atoms with Gasteiger partial charge in [0, 0.05) is 18.0 Å². The number of ketones is 1. The molecule has 2 N–H and O–H groups in total. The van der Waals surface area contributed by atoms with E-state index in [9.17, 15) is 23.8 Å². The number of aryl methyl sites for hydroxylation is 2. The number of aliphatic hydroxyl groups is 2. The highest BCUT2D eigenvalue weighted by atomic mass is 19.1. The Morgan fingerprint density at radius 3 is 2.29 bits per heavy atom. The van der Waals surface area contributed by atoms with Crippen molar-refractivity contribution >= 4 is 11.4 Å². The lowest BCUT2D eigenvalue weighted by atomic mass is 9.77. The Kier molecular flexibility index (Phi) is 6.95. The number of benzene rings is 2. The molecule has 0 spiro atoms. The molecule has 2 aromatic heterocycles. The maximum absolute atomic E-state index is 14.0. The summed E-state index contributed by atoms with van der Waals surface area (Å²) < 4.78 is 35.2. The molecule has 0 bridgehead atoms. The minimum absolute atomic E-state index is 0.150. The molecule has 0 atom stereocenters. The molecule has 2 aromatic carbocycles. The molecule has 2 heterocycles. The number of aliphatic hydroxyl groups excluding tert-OH is 2. The van der Waals surface area contributed by atoms with Crippen LogP contribution in [0.5, 0.6) is 5.75 Å². The van der Waals surface area contributed by atoms with Crippen LogP contribution in [-0.4, -0.2) is 38.6 Å². The van der Waals surface area contributed by atoms with Gasteiger partial charge in [-0.25, -0.2) is 13.8 Å². The van der Waals surface area contributed by atoms with Crippen molar-refractivity contribution in [1.29, 1.82) is 0 Å². The van der Waals surface area contributed by atoms with Crippen molar-refractivity contribution in [1.82, 2.24) is 9.38 Å². The van der Waals surface area contributed by atoms with Gasteiger partial charge in [-0.15, -0.1) is 0 Å². The van der Waals surface area contributed by atoms with Crippen LogP contribution in [0.2, 0.25) is 0 Å². The van der Waals surface area contributed by atoms with Gasteiger partial charge < -0.3 is 14.9 Å². The molecule has 35 heavy (non-hydrogen) atoms. The van der Waals surface area contributed by atoms with Crippen LogP contribution in [-0.2, 0) is 12.0 Å². The Labute approximate surface area is 201 Å². The van der Waals surface area contributed by atoms with Crippen molar-refractivity contribution < 1.29 is 28.5 Å². The lowest BCUT2D eigenvalue weighted by molar-refractivity contribution is 0.0782. The number of ether oxygens (including phenoxy) is 1. The van der Waals surface area contributed by atoms with E-state index in [0.717, 1.165) is 17.7 Å². The number of rotatable bonds is 9. The zero-order chi connectivity index (χ0) is 25.2. The predicted octanol–water partition coefficient (Wildman–Crippen LogP) is 4.30. The SMILES string of the molecule is Cc1ccc(C(CO)(CO)CC(=O)c2c(C)nc3c(OCc4c(F)cccc4F)cccn23)cc1. The summed E-state index contributed by atoms with van der Waals surface area (Å²) in [5.41, 5.74) is 1.33. The summed E-state index contributed by atoms with van der Waals surface area (Å²) >= 11 is 0. The topological polar surface area (TPSA) is 84.1 Å². The van der Waals surface area contributed by atoms with E-state index in [-0.39, 0.29) is 35.8 Å². The van der Waals surface area contributed by atoms with E-state index in [1.165, 1.54) is 6.07 Å². The van der Waals surface area contributed by atoms with Crippen LogP contribution in [0.3, 0.4) is 0 Å². The lowest BCUT2D eigenvalue weighted by Gasteiger charge is -2.30. The van der Waals surface area contributed by atoms with Crippen molar-refractivity contribution in [2.75, 3.05) is 13.2 Å². The highest BCUT2D eigenvalue weighted by Crippen LogP contribution is 2.31. The second kappa shape index (κ2) is 9.93. The monoisotopic (exact) mass is 480 g/mol. The van der Waals surface area contributed by atoms with Gasteiger partial charge in [0.25, 0.3) is 0 Å². The van der Waals surface area contributed by atoms with Gasteiger partial charge in [0.1, 0.15) is 23.9 Å². The molecular formula is C27H26F2N2O4. The minimum Gasteiger partial charge on any atom is -0.485 e. The molecule has 0 unspecified atom stereocenters. The molecule has 0 aliphatic heterocycles. The zero-order valence-electron chi connectivity index (χ0n) is 19.5. The van der Waals surface area contributed by atoms with E-state index in [0.29, 0.717) is 16.9 Å². The largest absolute Gasteiger partial charge is 0.485 e. The first kappa shape index (κ1) is 24.5. The summed E-state index contributed by atoms with van der Waals surface area (Å²) in [7, 11) is 0. The molecule has 8 heteroatoms. The van der Waals surface area contributed by atoms with E-state index < -0.39 is 30.3 Å². The van der Waals surface area contributed by atoms with Gasteiger partial charge in [-0.3, -0.25) is 9.20 Å². The zero-order valence-corrected chi connectivity index (χ0v) is 19.5. The van der Waals surface area contributed by atoms with Gasteiger partial charge in [0.15, 0.2) is 17.2 Å². The van der Waals surface area contributed by atoms with E-state index in [1.807, 2.05) is 19.1 Å². The molecule has 0 saturated heterocycles. The van der Waals surface area contributed by atoms with E-state index in [1.54, 1.807) is 41.8 Å². The maximum Gasteiger partial charge on any atom is 0.182 e. The first-order chi connectivity index (χ1) is 16.8. The molecule has 0 saturated carbocycles. The molecular weight excluding hydrogens is 454 g/mol. The fraction of sp³-hybridized carbons (Fsp3) is 0.259. The molecule has 0 fully saturated rings. The minimum atomic E-state index is -1.17. The Morgan fingerprint density at radius 1 is 1.00 bits per heavy atom. The van der Waals surface area contributed by atoms with E-state index >= 15 is 0 Å². The van der Waals surface area contributed by atoms with Crippen LogP contribution in [0.25, 0.3) is 5.65 Å². The highest BCUT2D eigenvalue weighted by Gasteiger charge is 2.35. The lowest BCUT2D eigenvalue weighted by Crippen LogP contribution is -2.37. The number of pyridine rings is 1. The molecule has 0 aliphatic carbocycles. The summed E-state index contributed by atoms with van der Waals surface area (Å²) in [6, 6.07) is 14.1. The third kappa shape index (κ3) is 4.67. The Bertz CT molecular complexity index is 1340. The Hall–Kier alpha value is -3.62. The summed E-state index contributed by atoms with van der Waals surface area (Å²) in [5, 5.41) is 20.4. The van der Waals surface area contributed by atoms with Crippen molar-refractivity contribution in [3.05, 3.63) is 101 Å². The fourth-order valence-electron chi connectivity index (χ4n) is 4.17. The Balaban J connectivity index is 1.66. The molecule has 0 amide bonds. The molecule has 6 nitrogen and oxygen atoms in total. The quantitative estimate of drug-likeness (QED) is 0.349. The van der Waals surface area contributed by atoms with Crippen LogP contribution in [0.1, 0.15) is 39.3 Å². The average Bonchev–Trinajstić information content (AvgIpc) is 3.19. The number of fused-ring (bicyclic) bond motifs is 1. The second-order valence-corrected chi connectivity index (χ2v) is 8.66. The van der Waals surface area contributed by atoms with Crippen LogP contribution >= 0.6 is 0 Å². The molecule has 0 aliphatic rings. The number of hydrogen-bond acceptors (Lipinski definition) is 5. The number of halogens is 2. The van der Waals surface area contributed by atoms with Crippen LogP contribution in [0, 0.1) is 25.5 Å². The number of imidazole rings is 1. The van der Waals surface area contributed by atoms with Gasteiger partial charge in [0.05, 0.1) is 24.5 Å². The smallest absolute Gasteiger partial charge is 0.182 e. The number of carbonyl (C=O) groups is 1. The number of nitrogens with zero attached hydrogens (tertiary/aromatic N) is 2. The van der Waals surface area contributed by atoms with Crippen molar-refractivity contribution in [2.24, 2.45) is 0 Å². The van der Waals surface area contributed by atoms with Crippen molar-refractivity contribution in [3.63, 3.8) is 0 Å². The fourth-order valence-corrected chi connectivity index (χ4v) is 4.17. The van der Waals surface area contributed by atoms with Crippen molar-refractivity contribution in [3.8, 4) is 5.75 Å². The molecule has 0 radical (unpaired) electrons. The third-order valence-electron chi connectivity index (χ3n) is 6.25. The van der Waals surface area contributed by atoms with Crippen LogP contribution in [0.15, 0.2) is 60.8 Å². The summed E-state index contributed by atoms with van der Waals surface area (Å²) in [6.07, 6.45) is 1.49. The van der Waals surface area contributed by atoms with Crippen molar-refractivity contribution in [2.45, 2.75) is 32.3 Å². The van der Waals surface area contributed by atoms with Gasteiger partial charge in [-0.05, 0) is 43.7 Å². The number of hydrogen-bond donors (Lipinski definition) is 2. The first-order valence-corrected chi connectivity index (χ1v) is 11.1. The second-order valence-electron chi connectivity index (χ2n) is 8.66. The standard InChI is InChI=1S/C27H26F2N2O4/c1-17-8-10-19(11-9-17)27(15-32,16-33)13-23(34)25-18(2)30-26-24(7-4-12-31(25)26)35-14-20-21(28)5-3-6-22(20)29/h3-12,32-33H,13-16H2,1-2H3. The molecule has 182 valence electrons. The first-order valence-electron chi connectivity index (χ1n) is 11.1. The summed E-state index contributed by atoms with van der Waals surface area (Å²) in [4.78, 5) is 17.9. The van der Waals surface area contributed by atoms with Gasteiger partial charge in [-0.2, -0.15) is 0 Å². The average molecular weight is 481 g/mol. The summed E-state index contributed by atoms with van der Waals surface area (Å²) in [5.74, 6) is -1.50. The Morgan fingerprint density at radius 2 is 1.66 bits per heavy atom. The van der Waals surface area contributed by atoms with E-state index in [4.69, 9.17) is 4.74 Å². The highest BCUT2D eigenvalue weighted by molar-refractivity contribution is 5.97. The molecule has 4 rings (SSSR count). The number of aromatic nitrogens is 2. The maximum atomic E-state index is 14.0. The number of Topliss-reactive ketones (excluding diaryl/α,β-unsaturated/α-hetero) is 1. The van der Waals surface area contributed by atoms with Gasteiger partial charge in [0.2, 0.25) is 0 Å². The number of carbonyl (C=O) groups excluding carboxylic acids is 1. The normalized spacial score (nSPS) is 11.7. The van der Waals surface area contributed by atoms with Gasteiger partial charge in [-0.1, -0.05) is 35.9 Å². The summed E-state index contributed by atoms with van der Waals surface area (Å²) in [6.45, 7) is 2.41. The van der Waals surface area contributed by atoms with Gasteiger partial charge >= 0.3 is 0 Å². The molecule has 4 aromatic rings. The van der Waals surface area contributed by atoms with E-state index in [2.05, 4.69) is 4.98 Å².